The molecule has 0 amide bonds. The van der Waals surface area contributed by atoms with Gasteiger partial charge >= 0.3 is 0 Å². The van der Waals surface area contributed by atoms with Crippen molar-refractivity contribution in [2.75, 3.05) is 6.61 Å². The summed E-state index contributed by atoms with van der Waals surface area (Å²) in [4.78, 5) is 1.39. The van der Waals surface area contributed by atoms with Crippen molar-refractivity contribution in [3.05, 3.63) is 57.2 Å². The Bertz CT molecular complexity index is 467. The molecular weight excluding hydrogens is 264 g/mol. The van der Waals surface area contributed by atoms with Crippen LogP contribution in [0.1, 0.15) is 16.9 Å². The van der Waals surface area contributed by atoms with E-state index in [0.717, 1.165) is 24.3 Å². The molecule has 3 heteroatoms. The largest absolute Gasteiger partial charge is 0.396 e. The maximum absolute atomic E-state index is 9.46. The molecule has 0 bridgehead atoms. The fourth-order valence-electron chi connectivity index (χ4n) is 2.06. The third-order valence-corrected chi connectivity index (χ3v) is 4.22. The minimum atomic E-state index is 0.234. The first-order valence-electron chi connectivity index (χ1n) is 6.15. The Morgan fingerprint density at radius 2 is 2.11 bits per heavy atom. The van der Waals surface area contributed by atoms with Crippen molar-refractivity contribution in [3.8, 4) is 0 Å². The molecule has 0 fully saturated rings. The molecule has 18 heavy (non-hydrogen) atoms. The van der Waals surface area contributed by atoms with Crippen LogP contribution in [0.5, 0.6) is 0 Å². The smallest absolute Gasteiger partial charge is 0.0462 e. The van der Waals surface area contributed by atoms with Gasteiger partial charge in [0.2, 0.25) is 0 Å². The van der Waals surface area contributed by atoms with Crippen LogP contribution in [0.3, 0.4) is 0 Å². The lowest BCUT2D eigenvalue weighted by molar-refractivity contribution is 0.218. The van der Waals surface area contributed by atoms with E-state index in [4.69, 9.17) is 11.6 Å². The maximum Gasteiger partial charge on any atom is 0.0462 e. The fourth-order valence-corrected chi connectivity index (χ4v) is 2.99. The van der Waals surface area contributed by atoms with Crippen molar-refractivity contribution in [2.24, 2.45) is 5.92 Å². The Hall–Kier alpha value is -0.830. The van der Waals surface area contributed by atoms with Crippen LogP contribution in [-0.4, -0.2) is 11.7 Å². The first kappa shape index (κ1) is 13.6. The second kappa shape index (κ2) is 6.93. The van der Waals surface area contributed by atoms with Gasteiger partial charge < -0.3 is 5.11 Å². The zero-order valence-electron chi connectivity index (χ0n) is 10.2. The molecule has 1 heterocycles. The molecule has 0 aliphatic carbocycles. The summed E-state index contributed by atoms with van der Waals surface area (Å²) >= 11 is 7.75. The van der Waals surface area contributed by atoms with Gasteiger partial charge in [-0.05, 0) is 54.3 Å². The Labute approximate surface area is 117 Å². The Morgan fingerprint density at radius 3 is 2.78 bits per heavy atom. The molecule has 1 atom stereocenters. The predicted octanol–water partition coefficient (Wildman–Crippen LogP) is 4.19. The van der Waals surface area contributed by atoms with Gasteiger partial charge in [0.1, 0.15) is 0 Å². The van der Waals surface area contributed by atoms with Crippen molar-refractivity contribution in [2.45, 2.75) is 19.3 Å². The first-order valence-corrected chi connectivity index (χ1v) is 7.41. The van der Waals surface area contributed by atoms with Gasteiger partial charge in [0, 0.05) is 16.5 Å². The Kier molecular flexibility index (Phi) is 5.24. The van der Waals surface area contributed by atoms with E-state index in [-0.39, 0.29) is 6.61 Å². The molecule has 0 aliphatic heterocycles. The van der Waals surface area contributed by atoms with Crippen LogP contribution < -0.4 is 0 Å². The first-order chi connectivity index (χ1) is 8.78. The van der Waals surface area contributed by atoms with Gasteiger partial charge in [0.15, 0.2) is 0 Å². The van der Waals surface area contributed by atoms with E-state index in [0.29, 0.717) is 5.92 Å². The van der Waals surface area contributed by atoms with Crippen LogP contribution >= 0.6 is 22.9 Å². The molecule has 1 aromatic carbocycles. The Morgan fingerprint density at radius 1 is 1.22 bits per heavy atom. The van der Waals surface area contributed by atoms with Gasteiger partial charge in [-0.1, -0.05) is 29.8 Å². The Balaban J connectivity index is 1.89. The van der Waals surface area contributed by atoms with Crippen molar-refractivity contribution < 1.29 is 5.11 Å². The number of hydrogen-bond donors (Lipinski definition) is 1. The van der Waals surface area contributed by atoms with Crippen LogP contribution in [0.4, 0.5) is 0 Å². The van der Waals surface area contributed by atoms with Crippen LogP contribution in [0, 0.1) is 5.92 Å². The molecule has 1 nitrogen and oxygen atoms in total. The standard InChI is InChI=1S/C15H17ClOS/c16-14-4-1-3-12(10-14)9-13(11-17)6-7-15-5-2-8-18-15/h1-5,8,10,13,17H,6-7,9,11H2. The summed E-state index contributed by atoms with van der Waals surface area (Å²) in [7, 11) is 0. The molecule has 0 saturated heterocycles. The molecule has 0 radical (unpaired) electrons. The van der Waals surface area contributed by atoms with Crippen molar-refractivity contribution in [3.63, 3.8) is 0 Å². The lowest BCUT2D eigenvalue weighted by Gasteiger charge is -2.13. The van der Waals surface area contributed by atoms with Gasteiger partial charge in [-0.3, -0.25) is 0 Å². The predicted molar refractivity (Wildman–Crippen MR) is 78.4 cm³/mol. The highest BCUT2D eigenvalue weighted by Crippen LogP contribution is 2.19. The van der Waals surface area contributed by atoms with E-state index in [1.54, 1.807) is 11.3 Å². The number of halogens is 1. The van der Waals surface area contributed by atoms with Crippen LogP contribution in [0.15, 0.2) is 41.8 Å². The molecule has 0 spiro atoms. The summed E-state index contributed by atoms with van der Waals surface area (Å²) in [5.74, 6) is 0.311. The molecule has 0 aliphatic rings. The van der Waals surface area contributed by atoms with Gasteiger partial charge in [-0.15, -0.1) is 11.3 Å². The SMILES string of the molecule is OCC(CCc1cccs1)Cc1cccc(Cl)c1. The van der Waals surface area contributed by atoms with Crippen molar-refractivity contribution in [1.29, 1.82) is 0 Å². The van der Waals surface area contributed by atoms with E-state index < -0.39 is 0 Å². The summed E-state index contributed by atoms with van der Waals surface area (Å²) in [5, 5.41) is 12.3. The van der Waals surface area contributed by atoms with E-state index in [2.05, 4.69) is 23.6 Å². The summed E-state index contributed by atoms with van der Waals surface area (Å²) in [6, 6.07) is 12.1. The van der Waals surface area contributed by atoms with Gasteiger partial charge in [-0.2, -0.15) is 0 Å². The van der Waals surface area contributed by atoms with Crippen LogP contribution in [0.25, 0.3) is 0 Å². The average molecular weight is 281 g/mol. The number of benzene rings is 1. The molecule has 1 unspecified atom stereocenters. The number of thiophene rings is 1. The molecule has 2 aromatic rings. The highest BCUT2D eigenvalue weighted by Gasteiger charge is 2.09. The molecule has 0 saturated carbocycles. The monoisotopic (exact) mass is 280 g/mol. The zero-order chi connectivity index (χ0) is 12.8. The lowest BCUT2D eigenvalue weighted by atomic mass is 9.95. The van der Waals surface area contributed by atoms with E-state index in [1.165, 1.54) is 10.4 Å². The maximum atomic E-state index is 9.46. The quantitative estimate of drug-likeness (QED) is 0.841. The molecule has 96 valence electrons. The molecule has 1 N–H and O–H groups in total. The second-order valence-corrected chi connectivity index (χ2v) is 5.97. The third-order valence-electron chi connectivity index (χ3n) is 3.05. The minimum absolute atomic E-state index is 0.234. The van der Waals surface area contributed by atoms with Crippen LogP contribution in [0.2, 0.25) is 5.02 Å². The van der Waals surface area contributed by atoms with E-state index >= 15 is 0 Å². The highest BCUT2D eigenvalue weighted by atomic mass is 35.5. The van der Waals surface area contributed by atoms with Crippen molar-refractivity contribution in [1.82, 2.24) is 0 Å². The van der Waals surface area contributed by atoms with E-state index in [1.807, 2.05) is 18.2 Å². The summed E-state index contributed by atoms with van der Waals surface area (Å²) in [6.45, 7) is 0.234. The second-order valence-electron chi connectivity index (χ2n) is 4.50. The van der Waals surface area contributed by atoms with Gasteiger partial charge in [-0.25, -0.2) is 0 Å². The lowest BCUT2D eigenvalue weighted by Crippen LogP contribution is -2.10. The topological polar surface area (TPSA) is 20.2 Å². The summed E-state index contributed by atoms with van der Waals surface area (Å²) < 4.78 is 0. The number of aliphatic hydroxyl groups is 1. The summed E-state index contributed by atoms with van der Waals surface area (Å²) in [5.41, 5.74) is 1.20. The van der Waals surface area contributed by atoms with Gasteiger partial charge in [0.25, 0.3) is 0 Å². The number of aryl methyl sites for hydroxylation is 1. The summed E-state index contributed by atoms with van der Waals surface area (Å²) in [6.07, 6.45) is 2.95. The number of rotatable bonds is 6. The molecule has 1 aromatic heterocycles. The molecular formula is C15H17ClOS. The fraction of sp³-hybridized carbons (Fsp3) is 0.333. The molecule has 2 rings (SSSR count). The third kappa shape index (κ3) is 4.13. The normalized spacial score (nSPS) is 12.6. The van der Waals surface area contributed by atoms with E-state index in [9.17, 15) is 5.11 Å². The van der Waals surface area contributed by atoms with Gasteiger partial charge in [0.05, 0.1) is 0 Å². The minimum Gasteiger partial charge on any atom is -0.396 e. The average Bonchev–Trinajstić information content (AvgIpc) is 2.87. The number of aliphatic hydroxyl groups excluding tert-OH is 1. The van der Waals surface area contributed by atoms with Crippen molar-refractivity contribution >= 4 is 22.9 Å². The number of hydrogen-bond acceptors (Lipinski definition) is 2. The zero-order valence-corrected chi connectivity index (χ0v) is 11.8. The van der Waals surface area contributed by atoms with Crippen LogP contribution in [-0.2, 0) is 12.8 Å². The highest BCUT2D eigenvalue weighted by molar-refractivity contribution is 7.09.